The fraction of sp³-hybridized carbons (Fsp3) is 0.273. The topological polar surface area (TPSA) is 70.1 Å². The first kappa shape index (κ1) is 21.4. The molecule has 9 heteroatoms. The fourth-order valence-corrected chi connectivity index (χ4v) is 3.35. The summed E-state index contributed by atoms with van der Waals surface area (Å²) in [5.74, 6) is 0.812. The summed E-state index contributed by atoms with van der Waals surface area (Å²) in [6.07, 6.45) is -3.26. The van der Waals surface area contributed by atoms with E-state index in [0.29, 0.717) is 23.0 Å². The molecule has 3 N–H and O–H groups in total. The van der Waals surface area contributed by atoms with Gasteiger partial charge in [0, 0.05) is 24.2 Å². The number of aromatic nitrogens is 2. The maximum absolute atomic E-state index is 13.0. The minimum atomic E-state index is -4.53. The van der Waals surface area contributed by atoms with Gasteiger partial charge in [-0.3, -0.25) is 0 Å². The Balaban J connectivity index is 1.59. The largest absolute Gasteiger partial charge is 0.417 e. The number of anilines is 2. The van der Waals surface area contributed by atoms with Crippen LogP contribution in [0.4, 0.5) is 24.9 Å². The molecule has 1 saturated carbocycles. The van der Waals surface area contributed by atoms with Crippen LogP contribution in [0, 0.1) is 0 Å². The summed E-state index contributed by atoms with van der Waals surface area (Å²) >= 11 is 5.88. The monoisotopic (exact) mass is 448 g/mol. The van der Waals surface area contributed by atoms with Crippen LogP contribution < -0.4 is 10.6 Å². The molecule has 5 nitrogen and oxygen atoms in total. The van der Waals surface area contributed by atoms with Gasteiger partial charge in [-0.2, -0.15) is 18.2 Å². The van der Waals surface area contributed by atoms with Crippen LogP contribution in [0.15, 0.2) is 54.6 Å². The summed E-state index contributed by atoms with van der Waals surface area (Å²) in [4.78, 5) is 8.86. The van der Waals surface area contributed by atoms with Crippen molar-refractivity contribution in [3.8, 4) is 11.3 Å². The molecule has 0 spiro atoms. The number of benzene rings is 2. The molecule has 0 bridgehead atoms. The predicted molar refractivity (Wildman–Crippen MR) is 114 cm³/mol. The highest BCUT2D eigenvalue weighted by molar-refractivity contribution is 6.31. The van der Waals surface area contributed by atoms with Crippen LogP contribution in [0.5, 0.6) is 0 Å². The molecular weight excluding hydrogens is 429 g/mol. The number of hydrogen-bond acceptors (Lipinski definition) is 5. The number of aliphatic hydroxyl groups is 1. The van der Waals surface area contributed by atoms with Crippen LogP contribution in [-0.2, 0) is 6.18 Å². The van der Waals surface area contributed by atoms with Crippen molar-refractivity contribution < 1.29 is 18.3 Å². The van der Waals surface area contributed by atoms with Crippen LogP contribution in [0.25, 0.3) is 11.3 Å². The van der Waals surface area contributed by atoms with Gasteiger partial charge in [-0.05, 0) is 30.5 Å². The highest BCUT2D eigenvalue weighted by atomic mass is 35.5. The predicted octanol–water partition coefficient (Wildman–Crippen LogP) is 5.54. The molecular formula is C22H20ClF3N4O. The van der Waals surface area contributed by atoms with Gasteiger partial charge in [0.2, 0.25) is 5.95 Å². The molecule has 0 unspecified atom stereocenters. The Labute approximate surface area is 182 Å². The normalized spacial score (nSPS) is 14.9. The molecule has 1 aliphatic carbocycles. The van der Waals surface area contributed by atoms with Crippen molar-refractivity contribution >= 4 is 23.4 Å². The third-order valence-electron chi connectivity index (χ3n) is 4.87. The van der Waals surface area contributed by atoms with Gasteiger partial charge in [0.15, 0.2) is 0 Å². The number of aliphatic hydroxyl groups excluding tert-OH is 1. The molecule has 162 valence electrons. The highest BCUT2D eigenvalue weighted by Crippen LogP contribution is 2.37. The fourth-order valence-electron chi connectivity index (χ4n) is 3.06. The zero-order valence-electron chi connectivity index (χ0n) is 16.3. The van der Waals surface area contributed by atoms with E-state index in [1.807, 2.05) is 30.3 Å². The first-order valence-electron chi connectivity index (χ1n) is 9.79. The van der Waals surface area contributed by atoms with Crippen LogP contribution >= 0.6 is 11.6 Å². The highest BCUT2D eigenvalue weighted by Gasteiger charge is 2.33. The van der Waals surface area contributed by atoms with Gasteiger partial charge < -0.3 is 15.7 Å². The number of halogens is 4. The lowest BCUT2D eigenvalue weighted by Crippen LogP contribution is -2.14. The molecule has 0 saturated heterocycles. The zero-order chi connectivity index (χ0) is 22.0. The summed E-state index contributed by atoms with van der Waals surface area (Å²) in [5.41, 5.74) is 0.721. The number of hydrogen-bond donors (Lipinski definition) is 3. The van der Waals surface area contributed by atoms with E-state index in [1.54, 1.807) is 6.07 Å². The first-order chi connectivity index (χ1) is 14.8. The van der Waals surface area contributed by atoms with E-state index in [1.165, 1.54) is 12.1 Å². The van der Waals surface area contributed by atoms with E-state index in [2.05, 4.69) is 20.6 Å². The molecule has 31 heavy (non-hydrogen) atoms. The maximum atomic E-state index is 13.0. The number of nitrogens with one attached hydrogen (secondary N) is 2. The molecule has 1 heterocycles. The minimum Gasteiger partial charge on any atom is -0.387 e. The Kier molecular flexibility index (Phi) is 6.02. The van der Waals surface area contributed by atoms with Gasteiger partial charge >= 0.3 is 6.18 Å². The van der Waals surface area contributed by atoms with Crippen molar-refractivity contribution in [2.45, 2.75) is 31.2 Å². The average Bonchev–Trinajstić information content (AvgIpc) is 3.55. The summed E-state index contributed by atoms with van der Waals surface area (Å²) < 4.78 is 39.1. The lowest BCUT2D eigenvalue weighted by atomic mass is 10.1. The molecule has 1 fully saturated rings. The van der Waals surface area contributed by atoms with Crippen LogP contribution in [0.1, 0.15) is 30.1 Å². The summed E-state index contributed by atoms with van der Waals surface area (Å²) in [5, 5.41) is 16.3. The van der Waals surface area contributed by atoms with Crippen molar-refractivity contribution in [1.82, 2.24) is 9.97 Å². The quantitative estimate of drug-likeness (QED) is 0.443. The third kappa shape index (κ3) is 5.45. The molecule has 0 aliphatic heterocycles. The molecule has 3 aromatic rings. The van der Waals surface area contributed by atoms with Gasteiger partial charge in [-0.15, -0.1) is 0 Å². The first-order valence-corrected chi connectivity index (χ1v) is 10.2. The second kappa shape index (κ2) is 8.72. The molecule has 2 aromatic carbocycles. The van der Waals surface area contributed by atoms with E-state index in [4.69, 9.17) is 11.6 Å². The Morgan fingerprint density at radius 3 is 2.45 bits per heavy atom. The van der Waals surface area contributed by atoms with Crippen molar-refractivity contribution in [2.75, 3.05) is 17.2 Å². The van der Waals surface area contributed by atoms with Crippen molar-refractivity contribution in [2.24, 2.45) is 0 Å². The number of nitrogens with zero attached hydrogens (tertiary/aromatic N) is 2. The second-order valence-corrected chi connectivity index (χ2v) is 7.79. The van der Waals surface area contributed by atoms with Crippen molar-refractivity contribution in [3.05, 3.63) is 70.7 Å². The van der Waals surface area contributed by atoms with E-state index in [9.17, 15) is 18.3 Å². The zero-order valence-corrected chi connectivity index (χ0v) is 17.1. The Morgan fingerprint density at radius 1 is 1.06 bits per heavy atom. The molecule has 0 radical (unpaired) electrons. The molecule has 1 aromatic heterocycles. The second-order valence-electron chi connectivity index (χ2n) is 7.38. The van der Waals surface area contributed by atoms with Gasteiger partial charge in [-0.25, -0.2) is 4.98 Å². The standard InChI is InChI=1S/C22H20ClF3N4O/c23-17-10-14(6-9-16(17)22(24,25)26)18-11-20(30-21(29-18)28-15-7-8-15)27-12-19(31)13-4-2-1-3-5-13/h1-6,9-11,15,19,31H,7-8,12H2,(H2,27,28,29,30)/t19-/m0/s1. The molecule has 1 aliphatic rings. The lowest BCUT2D eigenvalue weighted by Gasteiger charge is -2.15. The summed E-state index contributed by atoms with van der Waals surface area (Å²) in [6, 6.07) is 14.6. The third-order valence-corrected chi connectivity index (χ3v) is 5.18. The van der Waals surface area contributed by atoms with Crippen molar-refractivity contribution in [3.63, 3.8) is 0 Å². The minimum absolute atomic E-state index is 0.205. The van der Waals surface area contributed by atoms with Crippen LogP contribution in [-0.4, -0.2) is 27.7 Å². The smallest absolute Gasteiger partial charge is 0.387 e. The summed E-state index contributed by atoms with van der Waals surface area (Å²) in [6.45, 7) is 0.205. The Bertz CT molecular complexity index is 1060. The average molecular weight is 449 g/mol. The van der Waals surface area contributed by atoms with Gasteiger partial charge in [0.05, 0.1) is 22.4 Å². The summed E-state index contributed by atoms with van der Waals surface area (Å²) in [7, 11) is 0. The Morgan fingerprint density at radius 2 is 1.81 bits per heavy atom. The van der Waals surface area contributed by atoms with Crippen LogP contribution in [0.3, 0.4) is 0 Å². The lowest BCUT2D eigenvalue weighted by molar-refractivity contribution is -0.137. The van der Waals surface area contributed by atoms with Gasteiger partial charge in [-0.1, -0.05) is 48.0 Å². The van der Waals surface area contributed by atoms with E-state index in [0.717, 1.165) is 24.5 Å². The molecule has 4 rings (SSSR count). The molecule has 1 atom stereocenters. The Hall–Kier alpha value is -2.84. The molecule has 0 amide bonds. The van der Waals surface area contributed by atoms with Crippen molar-refractivity contribution in [1.29, 1.82) is 0 Å². The van der Waals surface area contributed by atoms with Crippen LogP contribution in [0.2, 0.25) is 5.02 Å². The van der Waals surface area contributed by atoms with E-state index in [-0.39, 0.29) is 12.6 Å². The van der Waals surface area contributed by atoms with E-state index >= 15 is 0 Å². The van der Waals surface area contributed by atoms with E-state index < -0.39 is 22.9 Å². The number of alkyl halides is 3. The van der Waals surface area contributed by atoms with Gasteiger partial charge in [0.1, 0.15) is 5.82 Å². The maximum Gasteiger partial charge on any atom is 0.417 e. The number of rotatable bonds is 7. The van der Waals surface area contributed by atoms with Gasteiger partial charge in [0.25, 0.3) is 0 Å². The SMILES string of the molecule is O[C@@H](CNc1cc(-c2ccc(C(F)(F)F)c(Cl)c2)nc(NC2CC2)n1)c1ccccc1.